The zero-order valence-corrected chi connectivity index (χ0v) is 8.84. The number of nitrogens with one attached hydrogen (secondary N) is 1. The SMILES string of the molecule is CNCCCc1cc(N)ccc1OC. The lowest BCUT2D eigenvalue weighted by Crippen LogP contribution is -2.08. The average Bonchev–Trinajstić information content (AvgIpc) is 2.19. The van der Waals surface area contributed by atoms with Crippen molar-refractivity contribution in [3.63, 3.8) is 0 Å². The number of anilines is 1. The second-order valence-corrected chi connectivity index (χ2v) is 3.28. The molecule has 0 amide bonds. The quantitative estimate of drug-likeness (QED) is 0.550. The summed E-state index contributed by atoms with van der Waals surface area (Å²) in [7, 11) is 3.64. The van der Waals surface area contributed by atoms with Gasteiger partial charge in [0.25, 0.3) is 0 Å². The second-order valence-electron chi connectivity index (χ2n) is 3.28. The molecule has 3 nitrogen and oxygen atoms in total. The fourth-order valence-electron chi connectivity index (χ4n) is 1.45. The van der Waals surface area contributed by atoms with Gasteiger partial charge in [-0.25, -0.2) is 0 Å². The van der Waals surface area contributed by atoms with Crippen LogP contribution in [0, 0.1) is 0 Å². The molecule has 0 aliphatic carbocycles. The second kappa shape index (κ2) is 5.50. The molecule has 0 heterocycles. The van der Waals surface area contributed by atoms with E-state index in [0.29, 0.717) is 0 Å². The maximum absolute atomic E-state index is 5.72. The van der Waals surface area contributed by atoms with Crippen molar-refractivity contribution in [2.45, 2.75) is 12.8 Å². The first-order valence-corrected chi connectivity index (χ1v) is 4.85. The lowest BCUT2D eigenvalue weighted by atomic mass is 10.1. The molecule has 0 saturated heterocycles. The van der Waals surface area contributed by atoms with Crippen LogP contribution in [0.4, 0.5) is 5.69 Å². The monoisotopic (exact) mass is 194 g/mol. The molecule has 0 aliphatic rings. The van der Waals surface area contributed by atoms with Crippen LogP contribution < -0.4 is 15.8 Å². The largest absolute Gasteiger partial charge is 0.496 e. The minimum absolute atomic E-state index is 0.797. The summed E-state index contributed by atoms with van der Waals surface area (Å²) in [4.78, 5) is 0. The molecule has 1 aromatic carbocycles. The highest BCUT2D eigenvalue weighted by atomic mass is 16.5. The fourth-order valence-corrected chi connectivity index (χ4v) is 1.45. The van der Waals surface area contributed by atoms with Crippen LogP contribution in [0.2, 0.25) is 0 Å². The zero-order valence-electron chi connectivity index (χ0n) is 8.84. The van der Waals surface area contributed by atoms with Crippen LogP contribution in [0.1, 0.15) is 12.0 Å². The van der Waals surface area contributed by atoms with Gasteiger partial charge in [0.15, 0.2) is 0 Å². The molecule has 3 heteroatoms. The Bertz CT molecular complexity index is 287. The summed E-state index contributed by atoms with van der Waals surface area (Å²) in [5, 5.41) is 3.12. The summed E-state index contributed by atoms with van der Waals surface area (Å²) >= 11 is 0. The van der Waals surface area contributed by atoms with Gasteiger partial charge in [-0.3, -0.25) is 0 Å². The van der Waals surface area contributed by atoms with E-state index >= 15 is 0 Å². The van der Waals surface area contributed by atoms with E-state index in [4.69, 9.17) is 10.5 Å². The van der Waals surface area contributed by atoms with Gasteiger partial charge >= 0.3 is 0 Å². The fraction of sp³-hybridized carbons (Fsp3) is 0.455. The van der Waals surface area contributed by atoms with E-state index in [1.807, 2.05) is 25.2 Å². The molecular formula is C11H18N2O. The number of aryl methyl sites for hydroxylation is 1. The molecule has 3 N–H and O–H groups in total. The molecule has 14 heavy (non-hydrogen) atoms. The Morgan fingerprint density at radius 3 is 2.86 bits per heavy atom. The van der Waals surface area contributed by atoms with Crippen LogP contribution in [0.25, 0.3) is 0 Å². The summed E-state index contributed by atoms with van der Waals surface area (Å²) in [5.41, 5.74) is 7.69. The van der Waals surface area contributed by atoms with Crippen molar-refractivity contribution in [3.8, 4) is 5.75 Å². The van der Waals surface area contributed by atoms with Gasteiger partial charge in [0.1, 0.15) is 5.75 Å². The highest BCUT2D eigenvalue weighted by molar-refractivity contribution is 5.47. The van der Waals surface area contributed by atoms with Gasteiger partial charge in [-0.1, -0.05) is 0 Å². The lowest BCUT2D eigenvalue weighted by Gasteiger charge is -2.08. The molecule has 0 unspecified atom stereocenters. The predicted molar refractivity (Wildman–Crippen MR) is 59.7 cm³/mol. The molecule has 78 valence electrons. The van der Waals surface area contributed by atoms with Crippen molar-refractivity contribution in [1.82, 2.24) is 5.32 Å². The third-order valence-electron chi connectivity index (χ3n) is 2.18. The molecule has 0 aliphatic heterocycles. The first-order valence-electron chi connectivity index (χ1n) is 4.85. The highest BCUT2D eigenvalue weighted by Crippen LogP contribution is 2.22. The predicted octanol–water partition coefficient (Wildman–Crippen LogP) is 1.43. The van der Waals surface area contributed by atoms with Crippen LogP contribution >= 0.6 is 0 Å². The van der Waals surface area contributed by atoms with Crippen LogP contribution in [0.5, 0.6) is 5.75 Å². The maximum Gasteiger partial charge on any atom is 0.122 e. The Hall–Kier alpha value is -1.22. The highest BCUT2D eigenvalue weighted by Gasteiger charge is 2.02. The smallest absolute Gasteiger partial charge is 0.122 e. The summed E-state index contributed by atoms with van der Waals surface area (Å²) in [6.07, 6.45) is 2.09. The normalized spacial score (nSPS) is 10.1. The van der Waals surface area contributed by atoms with Crippen LogP contribution in [0.15, 0.2) is 18.2 Å². The molecule has 0 radical (unpaired) electrons. The average molecular weight is 194 g/mol. The van der Waals surface area contributed by atoms with E-state index in [9.17, 15) is 0 Å². The third kappa shape index (κ3) is 2.92. The Labute approximate surface area is 85.3 Å². The number of ether oxygens (including phenoxy) is 1. The maximum atomic E-state index is 5.72. The molecule has 0 atom stereocenters. The summed E-state index contributed by atoms with van der Waals surface area (Å²) < 4.78 is 5.26. The van der Waals surface area contributed by atoms with Gasteiger partial charge in [-0.2, -0.15) is 0 Å². The molecule has 1 rings (SSSR count). The third-order valence-corrected chi connectivity index (χ3v) is 2.18. The number of rotatable bonds is 5. The minimum Gasteiger partial charge on any atom is -0.496 e. The number of methoxy groups -OCH3 is 1. The number of nitrogen functional groups attached to an aromatic ring is 1. The van der Waals surface area contributed by atoms with Crippen molar-refractivity contribution in [2.75, 3.05) is 26.4 Å². The summed E-state index contributed by atoms with van der Waals surface area (Å²) in [5.74, 6) is 0.926. The molecular weight excluding hydrogens is 176 g/mol. The van der Waals surface area contributed by atoms with Crippen molar-refractivity contribution >= 4 is 5.69 Å². The molecule has 1 aromatic rings. The Balaban J connectivity index is 2.67. The van der Waals surface area contributed by atoms with Gasteiger partial charge in [0.05, 0.1) is 7.11 Å². The minimum atomic E-state index is 0.797. The Morgan fingerprint density at radius 1 is 1.43 bits per heavy atom. The van der Waals surface area contributed by atoms with Gasteiger partial charge in [0.2, 0.25) is 0 Å². The Kier molecular flexibility index (Phi) is 4.26. The van der Waals surface area contributed by atoms with E-state index in [-0.39, 0.29) is 0 Å². The first kappa shape index (κ1) is 10.9. The van der Waals surface area contributed by atoms with Gasteiger partial charge < -0.3 is 15.8 Å². The van der Waals surface area contributed by atoms with Gasteiger partial charge in [0, 0.05) is 5.69 Å². The number of hydrogen-bond acceptors (Lipinski definition) is 3. The Morgan fingerprint density at radius 2 is 2.21 bits per heavy atom. The van der Waals surface area contributed by atoms with Crippen LogP contribution in [-0.2, 0) is 6.42 Å². The number of hydrogen-bond donors (Lipinski definition) is 2. The van der Waals surface area contributed by atoms with Crippen molar-refractivity contribution < 1.29 is 4.74 Å². The van der Waals surface area contributed by atoms with Crippen molar-refractivity contribution in [3.05, 3.63) is 23.8 Å². The summed E-state index contributed by atoms with van der Waals surface area (Å²) in [6.45, 7) is 1.01. The van der Waals surface area contributed by atoms with E-state index < -0.39 is 0 Å². The molecule has 0 fully saturated rings. The molecule has 0 spiro atoms. The van der Waals surface area contributed by atoms with E-state index in [0.717, 1.165) is 30.8 Å². The number of benzene rings is 1. The van der Waals surface area contributed by atoms with Gasteiger partial charge in [-0.05, 0) is 50.2 Å². The van der Waals surface area contributed by atoms with Crippen LogP contribution in [0.3, 0.4) is 0 Å². The molecule has 0 bridgehead atoms. The summed E-state index contributed by atoms with van der Waals surface area (Å²) in [6, 6.07) is 5.76. The topological polar surface area (TPSA) is 47.3 Å². The molecule has 0 aromatic heterocycles. The lowest BCUT2D eigenvalue weighted by molar-refractivity contribution is 0.409. The zero-order chi connectivity index (χ0) is 10.4. The first-order chi connectivity index (χ1) is 6.77. The van der Waals surface area contributed by atoms with E-state index in [1.54, 1.807) is 7.11 Å². The number of nitrogens with two attached hydrogens (primary N) is 1. The van der Waals surface area contributed by atoms with E-state index in [2.05, 4.69) is 5.32 Å². The van der Waals surface area contributed by atoms with Crippen LogP contribution in [-0.4, -0.2) is 20.7 Å². The van der Waals surface area contributed by atoms with Crippen molar-refractivity contribution in [2.24, 2.45) is 0 Å². The van der Waals surface area contributed by atoms with E-state index in [1.165, 1.54) is 5.56 Å². The molecule has 0 saturated carbocycles. The van der Waals surface area contributed by atoms with Crippen molar-refractivity contribution in [1.29, 1.82) is 0 Å². The van der Waals surface area contributed by atoms with Gasteiger partial charge in [-0.15, -0.1) is 0 Å². The standard InChI is InChI=1S/C11H18N2O/c1-13-7-3-4-9-8-10(12)5-6-11(9)14-2/h5-6,8,13H,3-4,7,12H2,1-2H3.